The average molecular weight is 193 g/mol. The Morgan fingerprint density at radius 3 is 2.36 bits per heavy atom. The topological polar surface area (TPSA) is 29.1 Å². The van der Waals surface area contributed by atoms with Crippen LogP contribution in [0.4, 0.5) is 0 Å². The summed E-state index contributed by atoms with van der Waals surface area (Å²) in [7, 11) is 1.63. The fourth-order valence-electron chi connectivity index (χ4n) is 0.931. The molecule has 1 N–H and O–H groups in total. The van der Waals surface area contributed by atoms with Crippen molar-refractivity contribution in [1.82, 2.24) is 5.32 Å². The molecule has 0 aliphatic heterocycles. The highest BCUT2D eigenvalue weighted by Crippen LogP contribution is 2.02. The van der Waals surface area contributed by atoms with Gasteiger partial charge in [0.2, 0.25) is 0 Å². The van der Waals surface area contributed by atoms with E-state index in [2.05, 4.69) is 19.2 Å². The van der Waals surface area contributed by atoms with Crippen molar-refractivity contribution in [2.75, 3.05) is 7.05 Å². The first-order valence-corrected chi connectivity index (χ1v) is 4.94. The van der Waals surface area contributed by atoms with Crippen molar-refractivity contribution in [2.45, 2.75) is 27.2 Å². The maximum Gasteiger partial charge on any atom is 0.251 e. The Hall–Kier alpha value is -1.31. The van der Waals surface area contributed by atoms with E-state index in [4.69, 9.17) is 0 Å². The molecular weight excluding hydrogens is 174 g/mol. The van der Waals surface area contributed by atoms with E-state index in [-0.39, 0.29) is 5.91 Å². The van der Waals surface area contributed by atoms with Gasteiger partial charge in [-0.1, -0.05) is 38.0 Å². The first-order chi connectivity index (χ1) is 6.65. The Kier molecular flexibility index (Phi) is 6.46. The van der Waals surface area contributed by atoms with Crippen LogP contribution in [0.3, 0.4) is 0 Å². The smallest absolute Gasteiger partial charge is 0.251 e. The number of benzene rings is 1. The number of hydrogen-bond acceptors (Lipinski definition) is 1. The molecule has 0 aromatic heterocycles. The molecule has 0 aliphatic rings. The van der Waals surface area contributed by atoms with Gasteiger partial charge in [-0.15, -0.1) is 0 Å². The predicted octanol–water partition coefficient (Wildman–Crippen LogP) is 2.77. The zero-order valence-electron chi connectivity index (χ0n) is 9.42. The third kappa shape index (κ3) is 4.65. The first-order valence-electron chi connectivity index (χ1n) is 4.94. The van der Waals surface area contributed by atoms with Crippen LogP contribution in [0.2, 0.25) is 0 Å². The number of nitrogens with one attached hydrogen (secondary N) is 1. The molecule has 1 amide bonds. The fourth-order valence-corrected chi connectivity index (χ4v) is 0.931. The van der Waals surface area contributed by atoms with Crippen LogP contribution in [0.1, 0.15) is 36.2 Å². The van der Waals surface area contributed by atoms with Gasteiger partial charge in [-0.05, 0) is 19.1 Å². The summed E-state index contributed by atoms with van der Waals surface area (Å²) in [6.45, 7) is 6.21. The predicted molar refractivity (Wildman–Crippen MR) is 60.5 cm³/mol. The molecule has 1 aromatic rings. The zero-order chi connectivity index (χ0) is 11.0. The summed E-state index contributed by atoms with van der Waals surface area (Å²) in [6, 6.07) is 7.50. The molecule has 78 valence electrons. The Labute approximate surface area is 86.3 Å². The molecule has 0 fully saturated rings. The standard InChI is InChI=1S/C9H11NO.C3H8/c1-7-4-3-5-8(6-7)9(11)10-2;1-3-2/h3-6H,1-2H3,(H,10,11);3H2,1-2H3. The molecule has 0 unspecified atom stereocenters. The van der Waals surface area contributed by atoms with Gasteiger partial charge in [-0.2, -0.15) is 0 Å². The molecule has 0 atom stereocenters. The lowest BCUT2D eigenvalue weighted by Gasteiger charge is -1.99. The number of carbonyl (C=O) groups excluding carboxylic acids is 1. The Morgan fingerprint density at radius 2 is 1.93 bits per heavy atom. The molecule has 0 heterocycles. The largest absolute Gasteiger partial charge is 0.355 e. The van der Waals surface area contributed by atoms with E-state index in [0.29, 0.717) is 5.56 Å². The normalized spacial score (nSPS) is 8.57. The van der Waals surface area contributed by atoms with Crippen molar-refractivity contribution in [2.24, 2.45) is 0 Å². The summed E-state index contributed by atoms with van der Waals surface area (Å²) in [4.78, 5) is 11.1. The van der Waals surface area contributed by atoms with Crippen molar-refractivity contribution in [3.05, 3.63) is 35.4 Å². The number of rotatable bonds is 1. The fraction of sp³-hybridized carbons (Fsp3) is 0.417. The summed E-state index contributed by atoms with van der Waals surface area (Å²) < 4.78 is 0. The van der Waals surface area contributed by atoms with Gasteiger partial charge in [0.1, 0.15) is 0 Å². The first kappa shape index (κ1) is 12.7. The molecule has 0 saturated heterocycles. The van der Waals surface area contributed by atoms with Gasteiger partial charge >= 0.3 is 0 Å². The summed E-state index contributed by atoms with van der Waals surface area (Å²) in [5, 5.41) is 2.57. The lowest BCUT2D eigenvalue weighted by molar-refractivity contribution is 0.0963. The van der Waals surface area contributed by atoms with Crippen LogP contribution in [0.15, 0.2) is 24.3 Å². The third-order valence-electron chi connectivity index (χ3n) is 1.51. The van der Waals surface area contributed by atoms with E-state index < -0.39 is 0 Å². The second-order valence-electron chi connectivity index (χ2n) is 3.16. The highest BCUT2D eigenvalue weighted by molar-refractivity contribution is 5.94. The van der Waals surface area contributed by atoms with Gasteiger partial charge in [0, 0.05) is 12.6 Å². The van der Waals surface area contributed by atoms with Crippen molar-refractivity contribution >= 4 is 5.91 Å². The molecule has 0 bridgehead atoms. The Bertz CT molecular complexity index is 281. The van der Waals surface area contributed by atoms with Gasteiger partial charge in [0.05, 0.1) is 0 Å². The minimum atomic E-state index is -0.0336. The van der Waals surface area contributed by atoms with Gasteiger partial charge in [-0.25, -0.2) is 0 Å². The number of aryl methyl sites for hydroxylation is 1. The van der Waals surface area contributed by atoms with Crippen LogP contribution >= 0.6 is 0 Å². The van der Waals surface area contributed by atoms with E-state index in [1.807, 2.05) is 25.1 Å². The molecule has 0 radical (unpaired) electrons. The molecule has 14 heavy (non-hydrogen) atoms. The average Bonchev–Trinajstić information content (AvgIpc) is 2.18. The van der Waals surface area contributed by atoms with Crippen molar-refractivity contribution in [1.29, 1.82) is 0 Å². The molecule has 2 heteroatoms. The van der Waals surface area contributed by atoms with Crippen LogP contribution < -0.4 is 5.32 Å². The summed E-state index contributed by atoms with van der Waals surface area (Å²) in [6.07, 6.45) is 1.25. The molecule has 0 spiro atoms. The summed E-state index contributed by atoms with van der Waals surface area (Å²) in [5.41, 5.74) is 1.82. The monoisotopic (exact) mass is 193 g/mol. The third-order valence-corrected chi connectivity index (χ3v) is 1.51. The van der Waals surface area contributed by atoms with Crippen LogP contribution in [0.25, 0.3) is 0 Å². The van der Waals surface area contributed by atoms with Gasteiger partial charge in [-0.3, -0.25) is 4.79 Å². The molecule has 1 aromatic carbocycles. The van der Waals surface area contributed by atoms with Crippen molar-refractivity contribution < 1.29 is 4.79 Å². The molecule has 1 rings (SSSR count). The van der Waals surface area contributed by atoms with Crippen molar-refractivity contribution in [3.63, 3.8) is 0 Å². The highest BCUT2D eigenvalue weighted by atomic mass is 16.1. The Morgan fingerprint density at radius 1 is 1.36 bits per heavy atom. The lowest BCUT2D eigenvalue weighted by Crippen LogP contribution is -2.17. The second-order valence-corrected chi connectivity index (χ2v) is 3.16. The van der Waals surface area contributed by atoms with Crippen LogP contribution in [-0.2, 0) is 0 Å². The molecule has 2 nitrogen and oxygen atoms in total. The molecular formula is C12H19NO. The zero-order valence-corrected chi connectivity index (χ0v) is 9.42. The SMILES string of the molecule is CCC.CNC(=O)c1cccc(C)c1. The van der Waals surface area contributed by atoms with E-state index in [9.17, 15) is 4.79 Å². The molecule has 0 aliphatic carbocycles. The van der Waals surface area contributed by atoms with Gasteiger partial charge in [0.15, 0.2) is 0 Å². The maximum atomic E-state index is 11.1. The lowest BCUT2D eigenvalue weighted by atomic mass is 10.1. The summed E-state index contributed by atoms with van der Waals surface area (Å²) in [5.74, 6) is -0.0336. The molecule has 0 saturated carbocycles. The van der Waals surface area contributed by atoms with Crippen molar-refractivity contribution in [3.8, 4) is 0 Å². The van der Waals surface area contributed by atoms with E-state index in [0.717, 1.165) is 5.56 Å². The van der Waals surface area contributed by atoms with E-state index in [1.165, 1.54) is 6.42 Å². The number of hydrogen-bond donors (Lipinski definition) is 1. The van der Waals surface area contributed by atoms with Crippen LogP contribution in [0.5, 0.6) is 0 Å². The minimum absolute atomic E-state index is 0.0336. The highest BCUT2D eigenvalue weighted by Gasteiger charge is 2.00. The maximum absolute atomic E-state index is 11.1. The quantitative estimate of drug-likeness (QED) is 0.730. The second kappa shape index (κ2) is 7.13. The van der Waals surface area contributed by atoms with Gasteiger partial charge < -0.3 is 5.32 Å². The Balaban J connectivity index is 0.000000500. The number of carbonyl (C=O) groups is 1. The summed E-state index contributed by atoms with van der Waals surface area (Å²) >= 11 is 0. The minimum Gasteiger partial charge on any atom is -0.355 e. The van der Waals surface area contributed by atoms with Gasteiger partial charge in [0.25, 0.3) is 5.91 Å². The van der Waals surface area contributed by atoms with E-state index in [1.54, 1.807) is 13.1 Å². The van der Waals surface area contributed by atoms with Crippen LogP contribution in [-0.4, -0.2) is 13.0 Å². The van der Waals surface area contributed by atoms with Crippen LogP contribution in [0, 0.1) is 6.92 Å². The number of amides is 1. The van der Waals surface area contributed by atoms with E-state index >= 15 is 0 Å².